The number of hydrogen-bond donors (Lipinski definition) is 2. The number of hydrogen-bond acceptors (Lipinski definition) is 2. The molecule has 3 aliphatic rings. The van der Waals surface area contributed by atoms with Crippen LogP contribution in [0.3, 0.4) is 0 Å². The van der Waals surface area contributed by atoms with E-state index in [-0.39, 0.29) is 23.9 Å². The number of amides is 2. The molecule has 2 bridgehead atoms. The molecule has 0 saturated carbocycles. The topological polar surface area (TPSA) is 58.2 Å². The van der Waals surface area contributed by atoms with Gasteiger partial charge in [0.1, 0.15) is 12.1 Å². The first-order chi connectivity index (χ1) is 5.77. The molecule has 4 heteroatoms. The maximum absolute atomic E-state index is 11.2. The van der Waals surface area contributed by atoms with Gasteiger partial charge in [0.25, 0.3) is 0 Å². The fourth-order valence-electron chi connectivity index (χ4n) is 1.47. The van der Waals surface area contributed by atoms with Crippen molar-refractivity contribution in [2.75, 3.05) is 0 Å². The van der Waals surface area contributed by atoms with Crippen molar-refractivity contribution in [3.8, 4) is 0 Å². The largest absolute Gasteiger partial charge is 0.342 e. The molecule has 0 unspecified atom stereocenters. The third-order valence-corrected chi connectivity index (χ3v) is 2.18. The van der Waals surface area contributed by atoms with Crippen LogP contribution in [0.2, 0.25) is 0 Å². The van der Waals surface area contributed by atoms with Crippen LogP contribution in [0.1, 0.15) is 12.8 Å². The van der Waals surface area contributed by atoms with Crippen LogP contribution in [0.4, 0.5) is 0 Å². The lowest BCUT2D eigenvalue weighted by atomic mass is 10.0. The second kappa shape index (κ2) is 2.62. The molecule has 0 radical (unpaired) electrons. The molecular formula is C8H10N2O2. The Bertz CT molecular complexity index is 234. The van der Waals surface area contributed by atoms with E-state index in [9.17, 15) is 9.59 Å². The molecule has 12 heavy (non-hydrogen) atoms. The van der Waals surface area contributed by atoms with Crippen LogP contribution in [0, 0.1) is 0 Å². The highest BCUT2D eigenvalue weighted by Crippen LogP contribution is 2.09. The van der Waals surface area contributed by atoms with Crippen molar-refractivity contribution in [2.45, 2.75) is 24.9 Å². The quantitative estimate of drug-likeness (QED) is 0.468. The van der Waals surface area contributed by atoms with Gasteiger partial charge >= 0.3 is 0 Å². The van der Waals surface area contributed by atoms with Gasteiger partial charge in [-0.2, -0.15) is 0 Å². The van der Waals surface area contributed by atoms with Gasteiger partial charge in [-0.25, -0.2) is 0 Å². The Balaban J connectivity index is 2.27. The van der Waals surface area contributed by atoms with Crippen LogP contribution in [-0.2, 0) is 9.59 Å². The molecule has 1 saturated heterocycles. The summed E-state index contributed by atoms with van der Waals surface area (Å²) in [7, 11) is 0. The van der Waals surface area contributed by atoms with Crippen LogP contribution < -0.4 is 10.6 Å². The third-order valence-electron chi connectivity index (χ3n) is 2.18. The fraction of sp³-hybridized carbons (Fsp3) is 0.500. The molecule has 2 N–H and O–H groups in total. The summed E-state index contributed by atoms with van der Waals surface area (Å²) in [4.78, 5) is 22.4. The minimum atomic E-state index is -0.356. The van der Waals surface area contributed by atoms with Gasteiger partial charge in [0, 0.05) is 0 Å². The first-order valence-electron chi connectivity index (χ1n) is 4.03. The van der Waals surface area contributed by atoms with Gasteiger partial charge < -0.3 is 10.6 Å². The summed E-state index contributed by atoms with van der Waals surface area (Å²) in [6, 6.07) is -0.712. The van der Waals surface area contributed by atoms with Gasteiger partial charge in [-0.05, 0) is 12.8 Å². The molecule has 3 rings (SSSR count). The second-order valence-electron chi connectivity index (χ2n) is 3.07. The zero-order valence-electron chi connectivity index (χ0n) is 6.54. The SMILES string of the molecule is O=C1N[C@@H]2CC=CC[C@H]1NC2=O. The molecule has 3 heterocycles. The minimum Gasteiger partial charge on any atom is -0.342 e. The summed E-state index contributed by atoms with van der Waals surface area (Å²) in [6.07, 6.45) is 5.08. The average Bonchev–Trinajstić information content (AvgIpc) is 2.00. The Morgan fingerprint density at radius 3 is 1.83 bits per heavy atom. The average molecular weight is 166 g/mol. The van der Waals surface area contributed by atoms with Crippen molar-refractivity contribution in [3.05, 3.63) is 12.2 Å². The molecule has 3 aliphatic heterocycles. The van der Waals surface area contributed by atoms with E-state index in [1.807, 2.05) is 12.2 Å². The normalized spacial score (nSPS) is 33.7. The second-order valence-corrected chi connectivity index (χ2v) is 3.07. The summed E-state index contributed by atoms with van der Waals surface area (Å²) in [6.45, 7) is 0. The Morgan fingerprint density at radius 2 is 1.42 bits per heavy atom. The summed E-state index contributed by atoms with van der Waals surface area (Å²) in [5.74, 6) is -0.132. The standard InChI is InChI=1S/C8H10N2O2/c11-7-5-3-1-2-4-6(10-7)8(12)9-5/h1-2,5-6H,3-4H2,(H,9,12)(H,10,11)/t5-,6-/m1/s1. The Morgan fingerprint density at radius 1 is 1.00 bits per heavy atom. The third kappa shape index (κ3) is 1.09. The number of fused-ring (bicyclic) bond motifs is 4. The highest BCUT2D eigenvalue weighted by Gasteiger charge is 2.33. The Labute approximate surface area is 70.0 Å². The van der Waals surface area contributed by atoms with Gasteiger partial charge in [-0.3, -0.25) is 9.59 Å². The number of nitrogens with one attached hydrogen (secondary N) is 2. The zero-order chi connectivity index (χ0) is 8.55. The monoisotopic (exact) mass is 166 g/mol. The summed E-state index contributed by atoms with van der Waals surface area (Å²) < 4.78 is 0. The van der Waals surface area contributed by atoms with Crippen LogP contribution in [0.5, 0.6) is 0 Å². The van der Waals surface area contributed by atoms with Gasteiger partial charge in [0.05, 0.1) is 0 Å². The van der Waals surface area contributed by atoms with E-state index in [2.05, 4.69) is 10.6 Å². The van der Waals surface area contributed by atoms with E-state index in [4.69, 9.17) is 0 Å². The maximum atomic E-state index is 11.2. The van der Waals surface area contributed by atoms with Crippen LogP contribution >= 0.6 is 0 Å². The van der Waals surface area contributed by atoms with E-state index in [0.29, 0.717) is 12.8 Å². The van der Waals surface area contributed by atoms with Crippen LogP contribution in [0.15, 0.2) is 12.2 Å². The number of rotatable bonds is 0. The highest BCUT2D eigenvalue weighted by molar-refractivity contribution is 5.97. The zero-order valence-corrected chi connectivity index (χ0v) is 6.54. The van der Waals surface area contributed by atoms with Crippen LogP contribution in [-0.4, -0.2) is 23.9 Å². The molecule has 0 aromatic heterocycles. The van der Waals surface area contributed by atoms with Gasteiger partial charge in [0.2, 0.25) is 11.8 Å². The first kappa shape index (κ1) is 7.34. The first-order valence-corrected chi connectivity index (χ1v) is 4.03. The molecular weight excluding hydrogens is 156 g/mol. The van der Waals surface area contributed by atoms with E-state index >= 15 is 0 Å². The predicted octanol–water partition coefficient (Wildman–Crippen LogP) is -0.680. The van der Waals surface area contributed by atoms with Crippen molar-refractivity contribution in [3.63, 3.8) is 0 Å². The molecule has 2 atom stereocenters. The molecule has 0 aromatic rings. The number of piperazine rings is 1. The molecule has 64 valence electrons. The van der Waals surface area contributed by atoms with Crippen molar-refractivity contribution in [1.82, 2.24) is 10.6 Å². The lowest BCUT2D eigenvalue weighted by Gasteiger charge is -2.30. The molecule has 4 nitrogen and oxygen atoms in total. The van der Waals surface area contributed by atoms with E-state index < -0.39 is 0 Å². The fourth-order valence-corrected chi connectivity index (χ4v) is 1.47. The Hall–Kier alpha value is -1.32. The summed E-state index contributed by atoms with van der Waals surface area (Å²) in [5.41, 5.74) is 0. The lowest BCUT2D eigenvalue weighted by Crippen LogP contribution is -2.61. The van der Waals surface area contributed by atoms with E-state index in [1.165, 1.54) is 0 Å². The van der Waals surface area contributed by atoms with Gasteiger partial charge in [-0.1, -0.05) is 12.2 Å². The minimum absolute atomic E-state index is 0.0658. The lowest BCUT2D eigenvalue weighted by molar-refractivity contribution is -0.136. The van der Waals surface area contributed by atoms with E-state index in [1.54, 1.807) is 0 Å². The number of carbonyl (C=O) groups is 2. The molecule has 0 aliphatic carbocycles. The highest BCUT2D eigenvalue weighted by atomic mass is 16.2. The summed E-state index contributed by atoms with van der Waals surface area (Å²) >= 11 is 0. The van der Waals surface area contributed by atoms with E-state index in [0.717, 1.165) is 0 Å². The van der Waals surface area contributed by atoms with Crippen molar-refractivity contribution >= 4 is 11.8 Å². The maximum Gasteiger partial charge on any atom is 0.243 e. The molecule has 0 aromatic carbocycles. The summed E-state index contributed by atoms with van der Waals surface area (Å²) in [5, 5.41) is 5.33. The Kier molecular flexibility index (Phi) is 1.60. The predicted molar refractivity (Wildman–Crippen MR) is 42.2 cm³/mol. The van der Waals surface area contributed by atoms with Gasteiger partial charge in [-0.15, -0.1) is 0 Å². The van der Waals surface area contributed by atoms with Crippen LogP contribution in [0.25, 0.3) is 0 Å². The molecule has 1 fully saturated rings. The smallest absolute Gasteiger partial charge is 0.243 e. The van der Waals surface area contributed by atoms with Crippen molar-refractivity contribution < 1.29 is 9.59 Å². The molecule has 0 spiro atoms. The van der Waals surface area contributed by atoms with Gasteiger partial charge in [0.15, 0.2) is 0 Å². The number of carbonyl (C=O) groups excluding carboxylic acids is 2. The van der Waals surface area contributed by atoms with Crippen molar-refractivity contribution in [2.24, 2.45) is 0 Å². The molecule has 2 amide bonds. The van der Waals surface area contributed by atoms with Crippen molar-refractivity contribution in [1.29, 1.82) is 0 Å².